The van der Waals surface area contributed by atoms with Crippen molar-refractivity contribution in [3.8, 4) is 22.8 Å². The van der Waals surface area contributed by atoms with Crippen molar-refractivity contribution in [2.24, 2.45) is 0 Å². The number of ether oxygens (including phenoxy) is 1. The molecule has 0 aliphatic carbocycles. The van der Waals surface area contributed by atoms with Crippen LogP contribution in [0.2, 0.25) is 0 Å². The average Bonchev–Trinajstić information content (AvgIpc) is 3.33. The van der Waals surface area contributed by atoms with E-state index in [1.165, 1.54) is 0 Å². The highest BCUT2D eigenvalue weighted by atomic mass is 16.5. The average molecular weight is 450 g/mol. The number of rotatable bonds is 5. The van der Waals surface area contributed by atoms with E-state index in [4.69, 9.17) is 21.4 Å². The van der Waals surface area contributed by atoms with Crippen LogP contribution in [0.15, 0.2) is 73.6 Å². The number of hydrogen-bond acceptors (Lipinski definition) is 6. The number of nitrogens with two attached hydrogens (primary N) is 1. The SMILES string of the molecule is [2H]C1([2H])N(C(=O)C=C)C([2H])([2H])[C@]([2H])(n2nc(-c3ccc(Oc4ccccc4)cc3)c3c(N)ncnc32)C([2H])([2H])C1([2H])[2H]. The molecular formula is C25H24N6O2. The predicted molar refractivity (Wildman–Crippen MR) is 127 cm³/mol. The number of fused-ring (bicyclic) bond motifs is 1. The lowest BCUT2D eigenvalue weighted by molar-refractivity contribution is -0.127. The van der Waals surface area contributed by atoms with Crippen LogP contribution in [0.1, 0.15) is 31.1 Å². The van der Waals surface area contributed by atoms with Crippen LogP contribution < -0.4 is 10.5 Å². The first-order valence-electron chi connectivity index (χ1n) is 14.3. The van der Waals surface area contributed by atoms with Gasteiger partial charge in [-0.3, -0.25) is 4.79 Å². The Labute approximate surface area is 204 Å². The Morgan fingerprint density at radius 2 is 1.94 bits per heavy atom. The van der Waals surface area contributed by atoms with Gasteiger partial charge in [-0.15, -0.1) is 0 Å². The van der Waals surface area contributed by atoms with Crippen LogP contribution >= 0.6 is 0 Å². The Morgan fingerprint density at radius 3 is 2.70 bits per heavy atom. The third-order valence-corrected chi connectivity index (χ3v) is 4.77. The van der Waals surface area contributed by atoms with Gasteiger partial charge in [0.25, 0.3) is 0 Å². The predicted octanol–water partition coefficient (Wildman–Crippen LogP) is 4.22. The van der Waals surface area contributed by atoms with Crippen molar-refractivity contribution in [2.75, 3.05) is 18.7 Å². The molecule has 2 aromatic heterocycles. The molecule has 0 bridgehead atoms. The minimum absolute atomic E-state index is 0.00296. The van der Waals surface area contributed by atoms with E-state index in [0.717, 1.165) is 6.33 Å². The molecule has 2 aromatic carbocycles. The molecule has 5 rings (SSSR count). The van der Waals surface area contributed by atoms with Gasteiger partial charge in [-0.2, -0.15) is 5.10 Å². The van der Waals surface area contributed by atoms with E-state index in [2.05, 4.69) is 21.6 Å². The topological polar surface area (TPSA) is 99.2 Å². The Kier molecular flexibility index (Phi) is 3.37. The second-order valence-electron chi connectivity index (χ2n) is 6.86. The normalized spacial score (nSPS) is 28.4. The second-order valence-corrected chi connectivity index (χ2v) is 6.86. The molecule has 33 heavy (non-hydrogen) atoms. The smallest absolute Gasteiger partial charge is 0.246 e. The van der Waals surface area contributed by atoms with Crippen LogP contribution in [-0.4, -0.2) is 43.5 Å². The van der Waals surface area contributed by atoms with Gasteiger partial charge in [0.05, 0.1) is 15.5 Å². The first-order chi connectivity index (χ1) is 19.5. The molecule has 8 nitrogen and oxygen atoms in total. The van der Waals surface area contributed by atoms with Gasteiger partial charge in [-0.05, 0) is 55.2 Å². The number of carbonyl (C=O) groups is 1. The summed E-state index contributed by atoms with van der Waals surface area (Å²) in [6.07, 6.45) is -5.76. The van der Waals surface area contributed by atoms with E-state index in [1.54, 1.807) is 36.4 Å². The Balaban J connectivity index is 1.74. The molecule has 1 aliphatic heterocycles. The van der Waals surface area contributed by atoms with Crippen molar-refractivity contribution in [3.05, 3.63) is 73.6 Å². The molecule has 4 aromatic rings. The zero-order valence-electron chi connectivity index (χ0n) is 26.2. The van der Waals surface area contributed by atoms with Crippen molar-refractivity contribution < 1.29 is 21.9 Å². The van der Waals surface area contributed by atoms with E-state index < -0.39 is 37.7 Å². The summed E-state index contributed by atoms with van der Waals surface area (Å²) in [5.41, 5.74) is 6.18. The Hall–Kier alpha value is -4.20. The minimum atomic E-state index is -3.66. The molecule has 166 valence electrons. The summed E-state index contributed by atoms with van der Waals surface area (Å²) in [5, 5.41) is 4.33. The highest BCUT2D eigenvalue weighted by Crippen LogP contribution is 2.34. The Bertz CT molecular complexity index is 1700. The lowest BCUT2D eigenvalue weighted by Gasteiger charge is -2.32. The van der Waals surface area contributed by atoms with Gasteiger partial charge in [0.15, 0.2) is 5.65 Å². The van der Waals surface area contributed by atoms with Gasteiger partial charge < -0.3 is 15.4 Å². The number of nitrogens with zero attached hydrogens (tertiary/aromatic N) is 5. The molecule has 8 heteroatoms. The maximum absolute atomic E-state index is 12.8. The molecule has 2 N–H and O–H groups in total. The van der Waals surface area contributed by atoms with Crippen LogP contribution in [0.5, 0.6) is 11.5 Å². The summed E-state index contributed by atoms with van der Waals surface area (Å²) in [6, 6.07) is 11.9. The number of hydrogen-bond donors (Lipinski definition) is 1. The standard InChI is InChI=1S/C25H24N6O2/c1-2-21(32)30-14-6-7-18(15-30)31-25-22(24(26)27-16-28-25)23(29-31)17-10-12-20(13-11-17)33-19-8-4-3-5-9-19/h2-5,8-13,16,18H,1,6-7,14-15H2,(H2,26,27,28)/t18-/m1/s1/i6D2,7D2,14D2,15D2,18D. The van der Waals surface area contributed by atoms with Gasteiger partial charge in [0.1, 0.15) is 29.3 Å². The van der Waals surface area contributed by atoms with Crippen molar-refractivity contribution in [2.45, 2.75) is 18.8 Å². The summed E-state index contributed by atoms with van der Waals surface area (Å²) < 4.78 is 84.1. The van der Waals surface area contributed by atoms with Crippen LogP contribution in [0.4, 0.5) is 5.82 Å². The zero-order chi connectivity index (χ0) is 30.9. The number of piperidine rings is 1. The van der Waals surface area contributed by atoms with Crippen molar-refractivity contribution >= 4 is 22.8 Å². The van der Waals surface area contributed by atoms with E-state index in [-0.39, 0.29) is 27.4 Å². The lowest BCUT2D eigenvalue weighted by atomic mass is 10.1. The fourth-order valence-electron chi connectivity index (χ4n) is 3.24. The van der Waals surface area contributed by atoms with Crippen LogP contribution in [0.25, 0.3) is 22.3 Å². The summed E-state index contributed by atoms with van der Waals surface area (Å²) in [5.74, 6) is -0.503. The number of aromatic nitrogens is 4. The number of benzene rings is 2. The quantitative estimate of drug-likeness (QED) is 0.458. The number of carbonyl (C=O) groups excluding carboxylic acids is 1. The van der Waals surface area contributed by atoms with Gasteiger partial charge >= 0.3 is 0 Å². The van der Waals surface area contributed by atoms with E-state index in [1.807, 2.05) is 18.2 Å². The summed E-state index contributed by atoms with van der Waals surface area (Å²) in [4.78, 5) is 20.7. The van der Waals surface area contributed by atoms with Gasteiger partial charge in [-0.1, -0.05) is 24.8 Å². The summed E-state index contributed by atoms with van der Waals surface area (Å²) in [7, 11) is 0. The lowest BCUT2D eigenvalue weighted by Crippen LogP contribution is -2.40. The molecule has 0 unspecified atom stereocenters. The summed E-state index contributed by atoms with van der Waals surface area (Å²) >= 11 is 0. The molecule has 1 saturated heterocycles. The number of amides is 1. The highest BCUT2D eigenvalue weighted by Gasteiger charge is 2.28. The molecule has 0 spiro atoms. The molecule has 1 aliphatic rings. The highest BCUT2D eigenvalue weighted by molar-refractivity contribution is 5.98. The Morgan fingerprint density at radius 1 is 1.18 bits per heavy atom. The largest absolute Gasteiger partial charge is 0.457 e. The van der Waals surface area contributed by atoms with Gasteiger partial charge in [0, 0.05) is 26.8 Å². The molecule has 1 fully saturated rings. The van der Waals surface area contributed by atoms with E-state index in [9.17, 15) is 6.17 Å². The van der Waals surface area contributed by atoms with Crippen LogP contribution in [0.3, 0.4) is 0 Å². The number of para-hydroxylation sites is 1. The molecule has 0 saturated carbocycles. The first kappa shape index (κ1) is 12.7. The maximum atomic E-state index is 12.8. The van der Waals surface area contributed by atoms with E-state index in [0.29, 0.717) is 27.8 Å². The summed E-state index contributed by atoms with van der Waals surface area (Å²) in [6.45, 7) is -3.87. The maximum Gasteiger partial charge on any atom is 0.246 e. The van der Waals surface area contributed by atoms with Crippen LogP contribution in [0, 0.1) is 0 Å². The molecule has 1 amide bonds. The van der Waals surface area contributed by atoms with Crippen LogP contribution in [-0.2, 0) is 4.79 Å². The molecule has 1 atom stereocenters. The van der Waals surface area contributed by atoms with Crippen molar-refractivity contribution in [1.82, 2.24) is 24.6 Å². The molecule has 3 heterocycles. The second kappa shape index (κ2) is 8.74. The first-order valence-corrected chi connectivity index (χ1v) is 9.84. The zero-order valence-corrected chi connectivity index (χ0v) is 17.2. The third kappa shape index (κ3) is 4.03. The van der Waals surface area contributed by atoms with Crippen molar-refractivity contribution in [1.29, 1.82) is 0 Å². The van der Waals surface area contributed by atoms with Crippen molar-refractivity contribution in [3.63, 3.8) is 0 Å². The third-order valence-electron chi connectivity index (χ3n) is 4.77. The van der Waals surface area contributed by atoms with E-state index >= 15 is 0 Å². The fourth-order valence-corrected chi connectivity index (χ4v) is 3.24. The number of likely N-dealkylation sites (tertiary alicyclic amines) is 1. The van der Waals surface area contributed by atoms with Gasteiger partial charge in [0.2, 0.25) is 5.91 Å². The molecular weight excluding hydrogens is 416 g/mol. The number of anilines is 1. The fraction of sp³-hybridized carbons (Fsp3) is 0.200. The minimum Gasteiger partial charge on any atom is -0.457 e. The van der Waals surface area contributed by atoms with Gasteiger partial charge in [-0.25, -0.2) is 14.6 Å². The number of nitrogen functional groups attached to an aromatic ring is 1. The molecule has 0 radical (unpaired) electrons. The monoisotopic (exact) mass is 449 g/mol.